The third-order valence-corrected chi connectivity index (χ3v) is 5.40. The molecule has 0 fully saturated rings. The van der Waals surface area contributed by atoms with Crippen LogP contribution in [0, 0.1) is 13.8 Å². The Kier molecular flexibility index (Phi) is 3.95. The van der Waals surface area contributed by atoms with Crippen LogP contribution < -0.4 is 4.72 Å². The lowest BCUT2D eigenvalue weighted by molar-refractivity contribution is 0.577. The third kappa shape index (κ3) is 2.87. The first-order chi connectivity index (χ1) is 10.9. The van der Waals surface area contributed by atoms with E-state index in [2.05, 4.69) is 19.8 Å². The molecular weight excluding hydrogens is 314 g/mol. The van der Waals surface area contributed by atoms with Crippen LogP contribution in [-0.2, 0) is 23.1 Å². The van der Waals surface area contributed by atoms with E-state index in [4.69, 9.17) is 0 Å². The van der Waals surface area contributed by atoms with Gasteiger partial charge in [0.2, 0.25) is 10.0 Å². The summed E-state index contributed by atoms with van der Waals surface area (Å²) in [5.41, 5.74) is 2.84. The quantitative estimate of drug-likeness (QED) is 0.745. The molecule has 0 bridgehead atoms. The van der Waals surface area contributed by atoms with Crippen molar-refractivity contribution < 1.29 is 8.42 Å². The molecular formula is C15H19N5O2S. The molecule has 2 aromatic heterocycles. The number of nitrogens with zero attached hydrogens (tertiary/aromatic N) is 3. The van der Waals surface area contributed by atoms with Crippen molar-refractivity contribution in [2.75, 3.05) is 0 Å². The normalized spacial score (nSPS) is 12.1. The van der Waals surface area contributed by atoms with E-state index in [9.17, 15) is 8.42 Å². The number of fused-ring (bicyclic) bond motifs is 1. The van der Waals surface area contributed by atoms with Crippen molar-refractivity contribution in [3.05, 3.63) is 41.5 Å². The minimum Gasteiger partial charge on any atom is -0.341 e. The zero-order valence-electron chi connectivity index (χ0n) is 13.3. The third-order valence-electron chi connectivity index (χ3n) is 3.75. The van der Waals surface area contributed by atoms with E-state index in [1.54, 1.807) is 18.5 Å². The Labute approximate surface area is 134 Å². The Morgan fingerprint density at radius 1 is 1.26 bits per heavy atom. The van der Waals surface area contributed by atoms with Crippen molar-refractivity contribution >= 4 is 21.1 Å². The van der Waals surface area contributed by atoms with Crippen LogP contribution in [0.15, 0.2) is 29.2 Å². The second-order valence-electron chi connectivity index (χ2n) is 5.34. The van der Waals surface area contributed by atoms with Crippen molar-refractivity contribution in [3.63, 3.8) is 0 Å². The highest BCUT2D eigenvalue weighted by Gasteiger charge is 2.24. The van der Waals surface area contributed by atoms with E-state index < -0.39 is 10.0 Å². The van der Waals surface area contributed by atoms with Gasteiger partial charge in [-0.3, -0.25) is 4.68 Å². The molecule has 2 N–H and O–H groups in total. The van der Waals surface area contributed by atoms with Crippen LogP contribution in [0.1, 0.15) is 24.1 Å². The summed E-state index contributed by atoms with van der Waals surface area (Å²) in [6, 6.07) is 7.58. The number of aromatic nitrogens is 4. The van der Waals surface area contributed by atoms with Gasteiger partial charge in [-0.05, 0) is 32.9 Å². The van der Waals surface area contributed by atoms with E-state index in [0.29, 0.717) is 23.8 Å². The van der Waals surface area contributed by atoms with Crippen LogP contribution in [0.4, 0.5) is 0 Å². The summed E-state index contributed by atoms with van der Waals surface area (Å²) >= 11 is 0. The van der Waals surface area contributed by atoms with Gasteiger partial charge in [0.1, 0.15) is 10.7 Å². The van der Waals surface area contributed by atoms with Gasteiger partial charge in [0.15, 0.2) is 0 Å². The number of nitrogens with one attached hydrogen (secondary N) is 2. The topological polar surface area (TPSA) is 92.7 Å². The van der Waals surface area contributed by atoms with Gasteiger partial charge in [0.25, 0.3) is 0 Å². The highest BCUT2D eigenvalue weighted by Crippen LogP contribution is 2.19. The molecule has 0 aliphatic rings. The number of hydrogen-bond donors (Lipinski definition) is 2. The van der Waals surface area contributed by atoms with Gasteiger partial charge in [-0.15, -0.1) is 0 Å². The highest BCUT2D eigenvalue weighted by atomic mass is 32.2. The fourth-order valence-corrected chi connectivity index (χ4v) is 4.10. The summed E-state index contributed by atoms with van der Waals surface area (Å²) in [6.45, 7) is 6.13. The van der Waals surface area contributed by atoms with Gasteiger partial charge in [-0.2, -0.15) is 5.10 Å². The van der Waals surface area contributed by atoms with Crippen LogP contribution >= 0.6 is 0 Å². The average molecular weight is 333 g/mol. The number of aromatic amines is 1. The van der Waals surface area contributed by atoms with Crippen molar-refractivity contribution in [2.45, 2.75) is 38.8 Å². The number of hydrogen-bond acceptors (Lipinski definition) is 4. The van der Waals surface area contributed by atoms with E-state index in [-0.39, 0.29) is 11.4 Å². The second kappa shape index (κ2) is 5.78. The fraction of sp³-hybridized carbons (Fsp3) is 0.333. The van der Waals surface area contributed by atoms with Crippen molar-refractivity contribution in [1.82, 2.24) is 24.5 Å². The maximum Gasteiger partial charge on any atom is 0.244 e. The molecule has 0 aliphatic carbocycles. The largest absolute Gasteiger partial charge is 0.341 e. The summed E-state index contributed by atoms with van der Waals surface area (Å²) in [4.78, 5) is 7.72. The van der Waals surface area contributed by atoms with E-state index in [1.165, 1.54) is 0 Å². The van der Waals surface area contributed by atoms with Crippen molar-refractivity contribution in [1.29, 1.82) is 0 Å². The molecule has 0 spiro atoms. The van der Waals surface area contributed by atoms with E-state index >= 15 is 0 Å². The lowest BCUT2D eigenvalue weighted by Crippen LogP contribution is -2.25. The highest BCUT2D eigenvalue weighted by molar-refractivity contribution is 7.89. The van der Waals surface area contributed by atoms with Gasteiger partial charge in [0, 0.05) is 6.54 Å². The molecule has 3 rings (SSSR count). The number of para-hydroxylation sites is 2. The average Bonchev–Trinajstić information content (AvgIpc) is 3.05. The SMILES string of the molecule is CCn1nc(C)c(S(=O)(=O)NCc2nc3ccccc3[nH]2)c1C. The lowest BCUT2D eigenvalue weighted by atomic mass is 10.3. The maximum absolute atomic E-state index is 12.6. The predicted octanol–water partition coefficient (Wildman–Crippen LogP) is 1.87. The summed E-state index contributed by atoms with van der Waals surface area (Å²) in [5.74, 6) is 0.577. The Balaban J connectivity index is 1.85. The van der Waals surface area contributed by atoms with Crippen LogP contribution in [0.3, 0.4) is 0 Å². The molecule has 8 heteroatoms. The molecule has 23 heavy (non-hydrogen) atoms. The maximum atomic E-state index is 12.6. The molecule has 3 aromatic rings. The number of H-pyrrole nitrogens is 1. The van der Waals surface area contributed by atoms with Gasteiger partial charge >= 0.3 is 0 Å². The standard InChI is InChI=1S/C15H19N5O2S/c1-4-20-11(3)15(10(2)19-20)23(21,22)16-9-14-17-12-7-5-6-8-13(12)18-14/h5-8,16H,4,9H2,1-3H3,(H,17,18). The van der Waals surface area contributed by atoms with Gasteiger partial charge in [-0.1, -0.05) is 12.1 Å². The van der Waals surface area contributed by atoms with Gasteiger partial charge in [0.05, 0.1) is 29.0 Å². The van der Waals surface area contributed by atoms with Crippen molar-refractivity contribution in [2.24, 2.45) is 0 Å². The molecule has 0 atom stereocenters. The number of rotatable bonds is 5. The molecule has 122 valence electrons. The Bertz CT molecular complexity index is 923. The first-order valence-corrected chi connectivity index (χ1v) is 8.88. The smallest absolute Gasteiger partial charge is 0.244 e. The molecule has 0 radical (unpaired) electrons. The van der Waals surface area contributed by atoms with Gasteiger partial charge in [-0.25, -0.2) is 18.1 Å². The van der Waals surface area contributed by atoms with Crippen molar-refractivity contribution in [3.8, 4) is 0 Å². The van der Waals surface area contributed by atoms with Crippen LogP contribution in [0.25, 0.3) is 11.0 Å². The van der Waals surface area contributed by atoms with Crippen LogP contribution in [0.2, 0.25) is 0 Å². The second-order valence-corrected chi connectivity index (χ2v) is 7.04. The molecule has 0 unspecified atom stereocenters. The zero-order chi connectivity index (χ0) is 16.6. The summed E-state index contributed by atoms with van der Waals surface area (Å²) in [5, 5.41) is 4.26. The Morgan fingerprint density at radius 2 is 2.00 bits per heavy atom. The molecule has 0 aliphatic heterocycles. The van der Waals surface area contributed by atoms with Gasteiger partial charge < -0.3 is 4.98 Å². The number of imidazole rings is 1. The molecule has 0 amide bonds. The summed E-state index contributed by atoms with van der Waals surface area (Å²) in [6.07, 6.45) is 0. The van der Waals surface area contributed by atoms with E-state index in [1.807, 2.05) is 31.2 Å². The molecule has 0 saturated carbocycles. The lowest BCUT2D eigenvalue weighted by Gasteiger charge is -2.06. The molecule has 7 nitrogen and oxygen atoms in total. The summed E-state index contributed by atoms with van der Waals surface area (Å²) < 4.78 is 29.5. The predicted molar refractivity (Wildman–Crippen MR) is 87.5 cm³/mol. The minimum atomic E-state index is -3.64. The van der Waals surface area contributed by atoms with Crippen LogP contribution in [0.5, 0.6) is 0 Å². The Hall–Kier alpha value is -2.19. The molecule has 0 saturated heterocycles. The van der Waals surface area contributed by atoms with E-state index in [0.717, 1.165) is 11.0 Å². The zero-order valence-corrected chi connectivity index (χ0v) is 14.1. The van der Waals surface area contributed by atoms with Crippen LogP contribution in [-0.4, -0.2) is 28.2 Å². The number of sulfonamides is 1. The Morgan fingerprint density at radius 3 is 2.65 bits per heavy atom. The number of aryl methyl sites for hydroxylation is 2. The summed E-state index contributed by atoms with van der Waals surface area (Å²) in [7, 11) is -3.64. The fourth-order valence-electron chi connectivity index (χ4n) is 2.70. The first-order valence-electron chi connectivity index (χ1n) is 7.39. The first kappa shape index (κ1) is 15.7. The molecule has 1 aromatic carbocycles. The number of benzene rings is 1. The monoisotopic (exact) mass is 333 g/mol. The molecule has 2 heterocycles. The minimum absolute atomic E-state index is 0.104.